The SMILES string of the molecule is CCNC(C1CC(C)(C)OC1(C)C)C(CC)(CC)OC. The van der Waals surface area contributed by atoms with Gasteiger partial charge in [-0.2, -0.15) is 0 Å². The van der Waals surface area contributed by atoms with E-state index in [1.54, 1.807) is 0 Å². The number of methoxy groups -OCH3 is 1. The Bertz CT molecular complexity index is 300. The van der Waals surface area contributed by atoms with Crippen LogP contribution in [-0.2, 0) is 9.47 Å². The summed E-state index contributed by atoms with van der Waals surface area (Å²) in [6, 6.07) is 0.323. The molecule has 1 fully saturated rings. The topological polar surface area (TPSA) is 30.5 Å². The molecule has 1 heterocycles. The molecular weight excluding hydrogens is 250 g/mol. The van der Waals surface area contributed by atoms with Crippen molar-refractivity contribution in [2.75, 3.05) is 13.7 Å². The molecule has 0 aromatic heterocycles. The highest BCUT2D eigenvalue weighted by molar-refractivity contribution is 5.06. The minimum Gasteiger partial charge on any atom is -0.377 e. The van der Waals surface area contributed by atoms with Crippen molar-refractivity contribution >= 4 is 0 Å². The summed E-state index contributed by atoms with van der Waals surface area (Å²) in [7, 11) is 1.85. The minimum absolute atomic E-state index is 0.0528. The van der Waals surface area contributed by atoms with Crippen LogP contribution in [0.5, 0.6) is 0 Å². The summed E-state index contributed by atoms with van der Waals surface area (Å²) in [6.45, 7) is 16.4. The second-order valence-electron chi connectivity index (χ2n) is 7.29. The maximum atomic E-state index is 6.31. The molecule has 0 aliphatic carbocycles. The Balaban J connectivity index is 3.13. The molecule has 1 aliphatic rings. The molecule has 0 amide bonds. The number of hydrogen-bond donors (Lipinski definition) is 1. The Hall–Kier alpha value is -0.120. The molecule has 2 atom stereocenters. The molecule has 0 saturated carbocycles. The largest absolute Gasteiger partial charge is 0.377 e. The van der Waals surface area contributed by atoms with Gasteiger partial charge in [0.15, 0.2) is 0 Å². The minimum atomic E-state index is -0.121. The molecule has 2 unspecified atom stereocenters. The van der Waals surface area contributed by atoms with E-state index in [0.29, 0.717) is 12.0 Å². The van der Waals surface area contributed by atoms with E-state index in [1.165, 1.54) is 0 Å². The number of rotatable bonds is 7. The van der Waals surface area contributed by atoms with Gasteiger partial charge < -0.3 is 14.8 Å². The lowest BCUT2D eigenvalue weighted by Crippen LogP contribution is -2.58. The van der Waals surface area contributed by atoms with E-state index in [-0.39, 0.29) is 16.8 Å². The average Bonchev–Trinajstić information content (AvgIpc) is 2.58. The first-order valence-corrected chi connectivity index (χ1v) is 8.16. The van der Waals surface area contributed by atoms with Crippen LogP contribution in [0.4, 0.5) is 0 Å². The summed E-state index contributed by atoms with van der Waals surface area (Å²) in [4.78, 5) is 0. The van der Waals surface area contributed by atoms with Gasteiger partial charge in [-0.1, -0.05) is 20.8 Å². The van der Waals surface area contributed by atoms with E-state index in [0.717, 1.165) is 25.8 Å². The molecule has 0 aromatic carbocycles. The van der Waals surface area contributed by atoms with E-state index in [4.69, 9.17) is 9.47 Å². The average molecular weight is 285 g/mol. The summed E-state index contributed by atoms with van der Waals surface area (Å²) in [5.74, 6) is 0.456. The molecule has 20 heavy (non-hydrogen) atoms. The summed E-state index contributed by atoms with van der Waals surface area (Å²) >= 11 is 0. The summed E-state index contributed by atoms with van der Waals surface area (Å²) in [5.41, 5.74) is -0.283. The highest BCUT2D eigenvalue weighted by Crippen LogP contribution is 2.47. The van der Waals surface area contributed by atoms with Gasteiger partial charge in [-0.3, -0.25) is 0 Å². The maximum absolute atomic E-state index is 6.31. The zero-order valence-corrected chi connectivity index (χ0v) is 14.8. The quantitative estimate of drug-likeness (QED) is 0.772. The van der Waals surface area contributed by atoms with Crippen molar-refractivity contribution in [2.24, 2.45) is 5.92 Å². The van der Waals surface area contributed by atoms with Crippen LogP contribution in [0.1, 0.15) is 67.7 Å². The molecule has 3 nitrogen and oxygen atoms in total. The Morgan fingerprint density at radius 1 is 1.20 bits per heavy atom. The van der Waals surface area contributed by atoms with Crippen molar-refractivity contribution < 1.29 is 9.47 Å². The van der Waals surface area contributed by atoms with Gasteiger partial charge in [0.05, 0.1) is 16.8 Å². The first-order chi connectivity index (χ1) is 9.18. The third kappa shape index (κ3) is 3.37. The summed E-state index contributed by atoms with van der Waals surface area (Å²) < 4.78 is 12.3. The smallest absolute Gasteiger partial charge is 0.0829 e. The number of nitrogens with one attached hydrogen (secondary N) is 1. The van der Waals surface area contributed by atoms with Crippen LogP contribution in [0.2, 0.25) is 0 Å². The Morgan fingerprint density at radius 3 is 2.05 bits per heavy atom. The lowest BCUT2D eigenvalue weighted by molar-refractivity contribution is -0.106. The zero-order valence-electron chi connectivity index (χ0n) is 14.8. The molecule has 1 saturated heterocycles. The second-order valence-corrected chi connectivity index (χ2v) is 7.29. The lowest BCUT2D eigenvalue weighted by Gasteiger charge is -2.45. The van der Waals surface area contributed by atoms with Gasteiger partial charge in [-0.25, -0.2) is 0 Å². The normalized spacial score (nSPS) is 26.7. The third-order valence-corrected chi connectivity index (χ3v) is 5.14. The zero-order chi connectivity index (χ0) is 15.6. The van der Waals surface area contributed by atoms with E-state index in [1.807, 2.05) is 7.11 Å². The van der Waals surface area contributed by atoms with Crippen molar-refractivity contribution in [3.63, 3.8) is 0 Å². The summed E-state index contributed by atoms with van der Waals surface area (Å²) in [6.07, 6.45) is 3.11. The van der Waals surface area contributed by atoms with Crippen LogP contribution in [-0.4, -0.2) is 36.5 Å². The molecule has 0 aromatic rings. The van der Waals surface area contributed by atoms with E-state index in [9.17, 15) is 0 Å². The fourth-order valence-corrected chi connectivity index (χ4v) is 4.14. The standard InChI is InChI=1S/C17H35NO2/c1-9-17(10-2,19-8)14(18-11-3)13-12-15(4,5)20-16(13,6)7/h13-14,18H,9-12H2,1-8H3. The van der Waals surface area contributed by atoms with Crippen molar-refractivity contribution in [1.82, 2.24) is 5.32 Å². The summed E-state index contributed by atoms with van der Waals surface area (Å²) in [5, 5.41) is 3.71. The second kappa shape index (κ2) is 6.33. The van der Waals surface area contributed by atoms with E-state index in [2.05, 4.69) is 53.8 Å². The number of ether oxygens (including phenoxy) is 2. The highest BCUT2D eigenvalue weighted by Gasteiger charge is 2.53. The maximum Gasteiger partial charge on any atom is 0.0829 e. The first kappa shape index (κ1) is 17.9. The Kier molecular flexibility index (Phi) is 5.67. The van der Waals surface area contributed by atoms with Gasteiger partial charge >= 0.3 is 0 Å². The molecule has 1 rings (SSSR count). The van der Waals surface area contributed by atoms with Crippen molar-refractivity contribution in [3.05, 3.63) is 0 Å². The van der Waals surface area contributed by atoms with Crippen LogP contribution in [0.3, 0.4) is 0 Å². The number of likely N-dealkylation sites (N-methyl/N-ethyl adjacent to an activating group) is 1. The van der Waals surface area contributed by atoms with Crippen molar-refractivity contribution in [2.45, 2.75) is 90.6 Å². The third-order valence-electron chi connectivity index (χ3n) is 5.14. The van der Waals surface area contributed by atoms with Crippen LogP contribution >= 0.6 is 0 Å². The van der Waals surface area contributed by atoms with Crippen LogP contribution in [0, 0.1) is 5.92 Å². The monoisotopic (exact) mass is 285 g/mol. The van der Waals surface area contributed by atoms with Gasteiger partial charge in [-0.15, -0.1) is 0 Å². The van der Waals surface area contributed by atoms with Gasteiger partial charge in [0, 0.05) is 19.1 Å². The van der Waals surface area contributed by atoms with E-state index < -0.39 is 0 Å². The fraction of sp³-hybridized carbons (Fsp3) is 1.00. The Labute approximate surface area is 125 Å². The van der Waals surface area contributed by atoms with Crippen LogP contribution < -0.4 is 5.32 Å². The Morgan fingerprint density at radius 2 is 1.75 bits per heavy atom. The van der Waals surface area contributed by atoms with Gasteiger partial charge in [0.1, 0.15) is 0 Å². The predicted molar refractivity (Wildman–Crippen MR) is 85.1 cm³/mol. The van der Waals surface area contributed by atoms with Crippen molar-refractivity contribution in [1.29, 1.82) is 0 Å². The first-order valence-electron chi connectivity index (χ1n) is 8.16. The lowest BCUT2D eigenvalue weighted by atomic mass is 9.72. The van der Waals surface area contributed by atoms with Gasteiger partial charge in [-0.05, 0) is 53.5 Å². The molecule has 0 bridgehead atoms. The van der Waals surface area contributed by atoms with Crippen LogP contribution in [0.25, 0.3) is 0 Å². The predicted octanol–water partition coefficient (Wildman–Crippen LogP) is 3.76. The molecule has 3 heteroatoms. The van der Waals surface area contributed by atoms with E-state index >= 15 is 0 Å². The van der Waals surface area contributed by atoms with Gasteiger partial charge in [0.25, 0.3) is 0 Å². The highest BCUT2D eigenvalue weighted by atomic mass is 16.5. The van der Waals surface area contributed by atoms with Gasteiger partial charge in [0.2, 0.25) is 0 Å². The molecule has 1 N–H and O–H groups in total. The molecule has 0 radical (unpaired) electrons. The molecule has 1 aliphatic heterocycles. The molecule has 0 spiro atoms. The molecule has 120 valence electrons. The number of hydrogen-bond acceptors (Lipinski definition) is 3. The van der Waals surface area contributed by atoms with Crippen LogP contribution in [0.15, 0.2) is 0 Å². The molecular formula is C17H35NO2. The fourth-order valence-electron chi connectivity index (χ4n) is 4.14. The van der Waals surface area contributed by atoms with Crippen molar-refractivity contribution in [3.8, 4) is 0 Å².